The summed E-state index contributed by atoms with van der Waals surface area (Å²) in [5.74, 6) is 1.10. The highest BCUT2D eigenvalue weighted by molar-refractivity contribution is 5.88. The molecule has 0 spiro atoms. The molecular formula is C25H30O9. The number of benzene rings is 2. The van der Waals surface area contributed by atoms with Gasteiger partial charge < -0.3 is 44.2 Å². The Hall–Kier alpha value is -2.66. The molecule has 1 saturated heterocycles. The molecule has 5 atom stereocenters. The van der Waals surface area contributed by atoms with Crippen molar-refractivity contribution >= 4 is 11.0 Å². The van der Waals surface area contributed by atoms with E-state index in [2.05, 4.69) is 0 Å². The quantitative estimate of drug-likeness (QED) is 0.308. The summed E-state index contributed by atoms with van der Waals surface area (Å²) in [7, 11) is 0. The minimum atomic E-state index is -1.52. The van der Waals surface area contributed by atoms with E-state index in [9.17, 15) is 20.4 Å². The minimum absolute atomic E-state index is 0.0394. The van der Waals surface area contributed by atoms with E-state index < -0.39 is 37.3 Å². The van der Waals surface area contributed by atoms with Crippen LogP contribution < -0.4 is 9.47 Å². The van der Waals surface area contributed by atoms with E-state index in [1.54, 1.807) is 12.3 Å². The second kappa shape index (κ2) is 10.7. The molecule has 0 aliphatic carbocycles. The van der Waals surface area contributed by atoms with Gasteiger partial charge in [0.05, 0.1) is 24.9 Å². The summed E-state index contributed by atoms with van der Waals surface area (Å²) in [6, 6.07) is 11.3. The molecule has 0 bridgehead atoms. The van der Waals surface area contributed by atoms with Gasteiger partial charge in [0.15, 0.2) is 0 Å². The number of fused-ring (bicyclic) bond motifs is 1. The van der Waals surface area contributed by atoms with Crippen molar-refractivity contribution < 1.29 is 44.2 Å². The van der Waals surface area contributed by atoms with Gasteiger partial charge in [0, 0.05) is 5.56 Å². The molecule has 0 radical (unpaired) electrons. The topological polar surface area (TPSA) is 142 Å². The zero-order valence-electron chi connectivity index (χ0n) is 18.8. The highest BCUT2D eigenvalue weighted by Crippen LogP contribution is 2.35. The van der Waals surface area contributed by atoms with Crippen molar-refractivity contribution in [2.75, 3.05) is 19.8 Å². The SMILES string of the molecule is Cc1cc(O[C@@H]2O[C@H](CO)[C@@H](O)[C@H](O)[C@H]2O)c2c(CCc3ccc(OCCO)cc3)coc2c1. The maximum atomic E-state index is 10.4. The lowest BCUT2D eigenvalue weighted by Crippen LogP contribution is -2.60. The zero-order valence-corrected chi connectivity index (χ0v) is 18.8. The van der Waals surface area contributed by atoms with Crippen molar-refractivity contribution in [3.8, 4) is 11.5 Å². The van der Waals surface area contributed by atoms with Crippen molar-refractivity contribution in [3.05, 3.63) is 59.4 Å². The largest absolute Gasteiger partial charge is 0.491 e. The third-order valence-corrected chi connectivity index (χ3v) is 5.92. The molecule has 1 aliphatic heterocycles. The summed E-state index contributed by atoms with van der Waals surface area (Å²) >= 11 is 0. The van der Waals surface area contributed by atoms with Gasteiger partial charge in [-0.2, -0.15) is 0 Å². The molecule has 3 aromatic rings. The fourth-order valence-corrected chi connectivity index (χ4v) is 4.09. The first-order valence-electron chi connectivity index (χ1n) is 11.2. The molecule has 1 fully saturated rings. The van der Waals surface area contributed by atoms with Crippen molar-refractivity contribution in [2.45, 2.75) is 50.5 Å². The lowest BCUT2D eigenvalue weighted by Gasteiger charge is -2.39. The van der Waals surface area contributed by atoms with E-state index in [4.69, 9.17) is 23.7 Å². The van der Waals surface area contributed by atoms with Gasteiger partial charge in [-0.3, -0.25) is 0 Å². The van der Waals surface area contributed by atoms with E-state index in [0.29, 0.717) is 23.5 Å². The molecule has 9 nitrogen and oxygen atoms in total. The van der Waals surface area contributed by atoms with Gasteiger partial charge in [0.1, 0.15) is 48.1 Å². The lowest BCUT2D eigenvalue weighted by atomic mass is 9.99. The summed E-state index contributed by atoms with van der Waals surface area (Å²) < 4.78 is 22.6. The standard InChI is InChI=1S/C25H30O9/c1-14-10-18-21(19(11-14)33-25-24(30)23(29)22(28)20(12-27)34-25)16(13-32-18)5-2-15-3-6-17(7-4-15)31-9-8-26/h3-4,6-7,10-11,13,20,22-30H,2,5,8-9,12H2,1H3/t20-,22-,23+,24-,25-/m1/s1. The van der Waals surface area contributed by atoms with Crippen LogP contribution in [-0.4, -0.2) is 76.1 Å². The summed E-state index contributed by atoms with van der Waals surface area (Å²) in [5, 5.41) is 49.5. The maximum absolute atomic E-state index is 10.4. The Labute approximate surface area is 196 Å². The van der Waals surface area contributed by atoms with Crippen molar-refractivity contribution in [1.29, 1.82) is 0 Å². The molecule has 9 heteroatoms. The van der Waals surface area contributed by atoms with Gasteiger partial charge in [0.25, 0.3) is 0 Å². The molecule has 0 amide bonds. The second-order valence-corrected chi connectivity index (χ2v) is 8.43. The lowest BCUT2D eigenvalue weighted by molar-refractivity contribution is -0.277. The molecular weight excluding hydrogens is 444 g/mol. The number of ether oxygens (including phenoxy) is 3. The van der Waals surface area contributed by atoms with Gasteiger partial charge in [-0.1, -0.05) is 12.1 Å². The van der Waals surface area contributed by atoms with Crippen LogP contribution in [0.2, 0.25) is 0 Å². The molecule has 2 heterocycles. The molecule has 2 aromatic carbocycles. The predicted octanol–water partition coefficient (Wildman–Crippen LogP) is 1.08. The Balaban J connectivity index is 1.54. The zero-order chi connectivity index (χ0) is 24.2. The maximum Gasteiger partial charge on any atom is 0.229 e. The van der Waals surface area contributed by atoms with Crippen LogP contribution in [0.5, 0.6) is 11.5 Å². The smallest absolute Gasteiger partial charge is 0.229 e. The molecule has 1 aromatic heterocycles. The Morgan fingerprint density at radius 3 is 2.41 bits per heavy atom. The van der Waals surface area contributed by atoms with E-state index in [0.717, 1.165) is 28.5 Å². The van der Waals surface area contributed by atoms with Gasteiger partial charge in [-0.25, -0.2) is 0 Å². The van der Waals surface area contributed by atoms with E-state index >= 15 is 0 Å². The van der Waals surface area contributed by atoms with E-state index in [1.165, 1.54) is 0 Å². The second-order valence-electron chi connectivity index (χ2n) is 8.43. The van der Waals surface area contributed by atoms with Crippen LogP contribution in [-0.2, 0) is 17.6 Å². The first-order chi connectivity index (χ1) is 16.4. The van der Waals surface area contributed by atoms with Gasteiger partial charge in [-0.05, 0) is 55.2 Å². The average Bonchev–Trinajstić information content (AvgIpc) is 3.25. The molecule has 0 unspecified atom stereocenters. The average molecular weight is 475 g/mol. The van der Waals surface area contributed by atoms with Crippen molar-refractivity contribution in [3.63, 3.8) is 0 Å². The van der Waals surface area contributed by atoms with E-state index in [1.807, 2.05) is 37.3 Å². The van der Waals surface area contributed by atoms with Gasteiger partial charge in [0.2, 0.25) is 6.29 Å². The Bertz CT molecular complexity index is 1080. The highest BCUT2D eigenvalue weighted by atomic mass is 16.7. The number of furan rings is 1. The number of hydrogen-bond donors (Lipinski definition) is 5. The number of rotatable bonds is 9. The van der Waals surface area contributed by atoms with Gasteiger partial charge in [-0.15, -0.1) is 0 Å². The molecule has 5 N–H and O–H groups in total. The van der Waals surface area contributed by atoms with Crippen LogP contribution in [0.4, 0.5) is 0 Å². The number of aliphatic hydroxyl groups excluding tert-OH is 5. The summed E-state index contributed by atoms with van der Waals surface area (Å²) in [6.45, 7) is 1.55. The van der Waals surface area contributed by atoms with Crippen LogP contribution in [0.15, 0.2) is 47.1 Å². The van der Waals surface area contributed by atoms with Crippen LogP contribution in [0.3, 0.4) is 0 Å². The number of aryl methyl sites for hydroxylation is 3. The van der Waals surface area contributed by atoms with Crippen molar-refractivity contribution in [1.82, 2.24) is 0 Å². The third kappa shape index (κ3) is 5.20. The summed E-state index contributed by atoms with van der Waals surface area (Å²) in [5.41, 5.74) is 3.47. The molecule has 4 rings (SSSR count). The Morgan fingerprint density at radius 1 is 0.941 bits per heavy atom. The third-order valence-electron chi connectivity index (χ3n) is 5.92. The first kappa shape index (κ1) is 24.5. The van der Waals surface area contributed by atoms with Crippen LogP contribution >= 0.6 is 0 Å². The molecule has 0 saturated carbocycles. The predicted molar refractivity (Wildman–Crippen MR) is 122 cm³/mol. The Kier molecular flexibility index (Phi) is 7.72. The summed E-state index contributed by atoms with van der Waals surface area (Å²) in [6.07, 6.45) is -3.78. The van der Waals surface area contributed by atoms with Crippen LogP contribution in [0.1, 0.15) is 16.7 Å². The Morgan fingerprint density at radius 2 is 1.71 bits per heavy atom. The van der Waals surface area contributed by atoms with E-state index in [-0.39, 0.29) is 13.2 Å². The van der Waals surface area contributed by atoms with Gasteiger partial charge >= 0.3 is 0 Å². The first-order valence-corrected chi connectivity index (χ1v) is 11.2. The van der Waals surface area contributed by atoms with Crippen LogP contribution in [0.25, 0.3) is 11.0 Å². The molecule has 1 aliphatic rings. The van der Waals surface area contributed by atoms with Crippen molar-refractivity contribution in [2.24, 2.45) is 0 Å². The van der Waals surface area contributed by atoms with Crippen LogP contribution in [0, 0.1) is 6.92 Å². The fraction of sp³-hybridized carbons (Fsp3) is 0.440. The number of aliphatic hydroxyl groups is 5. The monoisotopic (exact) mass is 474 g/mol. The summed E-state index contributed by atoms with van der Waals surface area (Å²) in [4.78, 5) is 0. The minimum Gasteiger partial charge on any atom is -0.491 e. The number of hydrogen-bond acceptors (Lipinski definition) is 9. The normalized spacial score (nSPS) is 24.9. The highest BCUT2D eigenvalue weighted by Gasteiger charge is 2.45. The molecule has 184 valence electrons. The fourth-order valence-electron chi connectivity index (χ4n) is 4.09. The molecule has 34 heavy (non-hydrogen) atoms.